The standard InChI is InChI=1S/C12H11N3S2/c13-11(16)10-9(7-1-2-7)15-12(17-10)8-3-5-14-6-4-8/h3-7H,1-2H2,(H2,13,16). The largest absolute Gasteiger partial charge is 0.389 e. The predicted molar refractivity (Wildman–Crippen MR) is 73.2 cm³/mol. The lowest BCUT2D eigenvalue weighted by Crippen LogP contribution is -2.09. The molecule has 86 valence electrons. The van der Waals surface area contributed by atoms with E-state index in [2.05, 4.69) is 9.97 Å². The fraction of sp³-hybridized carbons (Fsp3) is 0.250. The summed E-state index contributed by atoms with van der Waals surface area (Å²) in [5, 5.41) is 0.983. The molecule has 17 heavy (non-hydrogen) atoms. The molecule has 3 rings (SSSR count). The van der Waals surface area contributed by atoms with Gasteiger partial charge in [0.1, 0.15) is 10.00 Å². The van der Waals surface area contributed by atoms with E-state index in [1.165, 1.54) is 12.8 Å². The summed E-state index contributed by atoms with van der Waals surface area (Å²) in [6, 6.07) is 3.91. The van der Waals surface area contributed by atoms with Crippen molar-refractivity contribution in [1.29, 1.82) is 0 Å². The second kappa shape index (κ2) is 4.16. The van der Waals surface area contributed by atoms with Gasteiger partial charge in [-0.15, -0.1) is 11.3 Å². The molecule has 2 N–H and O–H groups in total. The van der Waals surface area contributed by atoms with Gasteiger partial charge in [-0.25, -0.2) is 4.98 Å². The number of hydrogen-bond acceptors (Lipinski definition) is 4. The van der Waals surface area contributed by atoms with Crippen LogP contribution in [0.25, 0.3) is 10.6 Å². The first-order chi connectivity index (χ1) is 8.25. The highest BCUT2D eigenvalue weighted by Gasteiger charge is 2.30. The van der Waals surface area contributed by atoms with E-state index in [0.29, 0.717) is 10.9 Å². The molecule has 0 atom stereocenters. The van der Waals surface area contributed by atoms with Gasteiger partial charge in [-0.3, -0.25) is 4.98 Å². The number of thiazole rings is 1. The molecular weight excluding hydrogens is 250 g/mol. The lowest BCUT2D eigenvalue weighted by atomic mass is 10.2. The second-order valence-corrected chi connectivity index (χ2v) is 5.55. The second-order valence-electron chi connectivity index (χ2n) is 4.11. The van der Waals surface area contributed by atoms with Gasteiger partial charge in [-0.05, 0) is 25.0 Å². The SMILES string of the molecule is NC(=S)c1sc(-c2ccncc2)nc1C1CC1. The summed E-state index contributed by atoms with van der Waals surface area (Å²) < 4.78 is 0. The number of pyridine rings is 1. The van der Waals surface area contributed by atoms with Gasteiger partial charge in [0.2, 0.25) is 0 Å². The maximum atomic E-state index is 5.76. The van der Waals surface area contributed by atoms with Crippen molar-refractivity contribution in [3.8, 4) is 10.6 Å². The van der Waals surface area contributed by atoms with E-state index in [9.17, 15) is 0 Å². The Morgan fingerprint density at radius 2 is 2.06 bits per heavy atom. The highest BCUT2D eigenvalue weighted by Crippen LogP contribution is 2.44. The van der Waals surface area contributed by atoms with Crippen LogP contribution in [-0.2, 0) is 0 Å². The number of rotatable bonds is 3. The molecule has 0 radical (unpaired) electrons. The minimum atomic E-state index is 0.463. The van der Waals surface area contributed by atoms with Crippen LogP contribution >= 0.6 is 23.6 Å². The number of thiocarbonyl (C=S) groups is 1. The highest BCUT2D eigenvalue weighted by atomic mass is 32.1. The lowest BCUT2D eigenvalue weighted by Gasteiger charge is -1.95. The van der Waals surface area contributed by atoms with Crippen LogP contribution in [0.4, 0.5) is 0 Å². The Labute approximate surface area is 109 Å². The molecule has 0 aromatic carbocycles. The molecule has 2 heterocycles. The monoisotopic (exact) mass is 261 g/mol. The van der Waals surface area contributed by atoms with E-state index in [1.54, 1.807) is 23.7 Å². The topological polar surface area (TPSA) is 51.8 Å². The van der Waals surface area contributed by atoms with Gasteiger partial charge >= 0.3 is 0 Å². The van der Waals surface area contributed by atoms with Gasteiger partial charge in [0.25, 0.3) is 0 Å². The summed E-state index contributed by atoms with van der Waals surface area (Å²) in [7, 11) is 0. The maximum Gasteiger partial charge on any atom is 0.124 e. The lowest BCUT2D eigenvalue weighted by molar-refractivity contribution is 1.05. The third kappa shape index (κ3) is 2.08. The zero-order valence-electron chi connectivity index (χ0n) is 9.09. The smallest absolute Gasteiger partial charge is 0.124 e. The Morgan fingerprint density at radius 1 is 1.35 bits per heavy atom. The van der Waals surface area contributed by atoms with Crippen LogP contribution in [0, 0.1) is 0 Å². The molecule has 0 unspecified atom stereocenters. The van der Waals surface area contributed by atoms with Crippen LogP contribution in [0.1, 0.15) is 29.3 Å². The minimum Gasteiger partial charge on any atom is -0.389 e. The first-order valence-electron chi connectivity index (χ1n) is 5.46. The van der Waals surface area contributed by atoms with E-state index in [-0.39, 0.29) is 0 Å². The van der Waals surface area contributed by atoms with E-state index >= 15 is 0 Å². The minimum absolute atomic E-state index is 0.463. The van der Waals surface area contributed by atoms with E-state index in [0.717, 1.165) is 21.1 Å². The van der Waals surface area contributed by atoms with E-state index < -0.39 is 0 Å². The quantitative estimate of drug-likeness (QED) is 0.863. The van der Waals surface area contributed by atoms with Crippen LogP contribution in [0.2, 0.25) is 0 Å². The van der Waals surface area contributed by atoms with Crippen molar-refractivity contribution in [1.82, 2.24) is 9.97 Å². The molecule has 5 heteroatoms. The third-order valence-corrected chi connectivity index (χ3v) is 4.26. The Morgan fingerprint density at radius 3 is 2.65 bits per heavy atom. The molecular formula is C12H11N3S2. The van der Waals surface area contributed by atoms with Crippen molar-refractivity contribution in [2.75, 3.05) is 0 Å². The number of aromatic nitrogens is 2. The number of hydrogen-bond donors (Lipinski definition) is 1. The Hall–Kier alpha value is -1.33. The molecule has 1 aliphatic carbocycles. The van der Waals surface area contributed by atoms with Crippen molar-refractivity contribution in [3.63, 3.8) is 0 Å². The molecule has 0 bridgehead atoms. The first kappa shape index (κ1) is 10.8. The zero-order valence-corrected chi connectivity index (χ0v) is 10.7. The van der Waals surface area contributed by atoms with E-state index in [1.807, 2.05) is 12.1 Å². The average molecular weight is 261 g/mol. The van der Waals surface area contributed by atoms with Crippen LogP contribution < -0.4 is 5.73 Å². The Kier molecular flexibility index (Phi) is 2.64. The molecule has 1 fully saturated rings. The van der Waals surface area contributed by atoms with Gasteiger partial charge in [0, 0.05) is 23.9 Å². The van der Waals surface area contributed by atoms with Gasteiger partial charge in [0.05, 0.1) is 10.6 Å². The first-order valence-corrected chi connectivity index (χ1v) is 6.69. The Bertz CT molecular complexity index is 558. The zero-order chi connectivity index (χ0) is 11.8. The van der Waals surface area contributed by atoms with Gasteiger partial charge in [-0.2, -0.15) is 0 Å². The number of nitrogens with zero attached hydrogens (tertiary/aromatic N) is 2. The van der Waals surface area contributed by atoms with Crippen molar-refractivity contribution >= 4 is 28.5 Å². The van der Waals surface area contributed by atoms with Gasteiger partial charge in [-0.1, -0.05) is 12.2 Å². The predicted octanol–water partition coefficient (Wildman–Crippen LogP) is 2.72. The normalized spacial score (nSPS) is 14.8. The summed E-state index contributed by atoms with van der Waals surface area (Å²) in [4.78, 5) is 10.1. The molecule has 2 aromatic heterocycles. The maximum absolute atomic E-state index is 5.76. The fourth-order valence-electron chi connectivity index (χ4n) is 1.76. The van der Waals surface area contributed by atoms with Crippen molar-refractivity contribution < 1.29 is 0 Å². The molecule has 1 saturated carbocycles. The fourth-order valence-corrected chi connectivity index (χ4v) is 3.00. The van der Waals surface area contributed by atoms with Crippen LogP contribution in [0.15, 0.2) is 24.5 Å². The van der Waals surface area contributed by atoms with Gasteiger partial charge in [0.15, 0.2) is 0 Å². The van der Waals surface area contributed by atoms with Crippen molar-refractivity contribution in [3.05, 3.63) is 35.1 Å². The highest BCUT2D eigenvalue weighted by molar-refractivity contribution is 7.81. The Balaban J connectivity index is 2.07. The molecule has 3 nitrogen and oxygen atoms in total. The summed E-state index contributed by atoms with van der Waals surface area (Å²) >= 11 is 6.68. The summed E-state index contributed by atoms with van der Waals surface area (Å²) in [6.07, 6.45) is 5.95. The molecule has 0 saturated heterocycles. The van der Waals surface area contributed by atoms with Crippen molar-refractivity contribution in [2.45, 2.75) is 18.8 Å². The molecule has 0 amide bonds. The summed E-state index contributed by atoms with van der Waals surface area (Å²) in [6.45, 7) is 0. The average Bonchev–Trinajstić information content (AvgIpc) is 3.09. The van der Waals surface area contributed by atoms with E-state index in [4.69, 9.17) is 18.0 Å². The summed E-state index contributed by atoms with van der Waals surface area (Å²) in [5.74, 6) is 0.568. The number of nitrogens with two attached hydrogens (primary N) is 1. The van der Waals surface area contributed by atoms with Crippen molar-refractivity contribution in [2.24, 2.45) is 5.73 Å². The third-order valence-electron chi connectivity index (χ3n) is 2.77. The van der Waals surface area contributed by atoms with Crippen LogP contribution in [0.3, 0.4) is 0 Å². The van der Waals surface area contributed by atoms with Gasteiger partial charge < -0.3 is 5.73 Å². The molecule has 2 aromatic rings. The molecule has 0 spiro atoms. The van der Waals surface area contributed by atoms with Crippen LogP contribution in [0.5, 0.6) is 0 Å². The van der Waals surface area contributed by atoms with Crippen LogP contribution in [-0.4, -0.2) is 15.0 Å². The molecule has 0 aliphatic heterocycles. The molecule has 1 aliphatic rings. The summed E-state index contributed by atoms with van der Waals surface area (Å²) in [5.41, 5.74) is 7.93.